The molecule has 4 N–H and O–H groups in total. The number of nitrogens with zero attached hydrogens (tertiary/aromatic N) is 3. The number of halogens is 1. The van der Waals surface area contributed by atoms with Gasteiger partial charge in [-0.15, -0.1) is 12.4 Å². The van der Waals surface area contributed by atoms with Crippen molar-refractivity contribution in [3.8, 4) is 11.5 Å². The first kappa shape index (κ1) is 22.9. The minimum absolute atomic E-state index is 0. The summed E-state index contributed by atoms with van der Waals surface area (Å²) >= 11 is 0. The monoisotopic (exact) mass is 450 g/mol. The summed E-state index contributed by atoms with van der Waals surface area (Å²) in [5.41, 5.74) is 6.82. The second-order valence-corrected chi connectivity index (χ2v) is 7.45. The molecule has 1 saturated heterocycles. The zero-order valence-electron chi connectivity index (χ0n) is 16.8. The number of carbonyl (C=O) groups excluding carboxylic acids is 1. The van der Waals surface area contributed by atoms with Crippen LogP contribution in [0.15, 0.2) is 24.7 Å². The van der Waals surface area contributed by atoms with Crippen molar-refractivity contribution in [3.05, 3.63) is 41.5 Å². The largest absolute Gasteiger partial charge is 0.535 e. The number of amides is 1. The second kappa shape index (κ2) is 9.59. The maximum Gasteiger partial charge on any atom is 0.522 e. The maximum atomic E-state index is 12.4. The normalized spacial score (nSPS) is 15.4. The number of carboxylic acid groups (broad SMARTS) is 1. The lowest BCUT2D eigenvalue weighted by molar-refractivity contribution is -0.139. The van der Waals surface area contributed by atoms with E-state index in [1.807, 2.05) is 4.57 Å². The molecule has 0 aliphatic carbocycles. The molecular weight excluding hydrogens is 426 g/mol. The summed E-state index contributed by atoms with van der Waals surface area (Å²) in [6.45, 7) is 1.87. The average Bonchev–Trinajstić information content (AvgIpc) is 3.10. The van der Waals surface area contributed by atoms with Crippen LogP contribution in [0.25, 0.3) is 0 Å². The Morgan fingerprint density at radius 1 is 1.35 bits per heavy atom. The number of aromatic carboxylic acids is 1. The lowest BCUT2D eigenvalue weighted by atomic mass is 9.78. The van der Waals surface area contributed by atoms with Gasteiger partial charge in [0, 0.05) is 19.3 Å². The summed E-state index contributed by atoms with van der Waals surface area (Å²) in [5, 5.41) is 19.4. The number of aromatic nitrogens is 2. The summed E-state index contributed by atoms with van der Waals surface area (Å²) < 4.78 is 13.0. The smallest absolute Gasteiger partial charge is 0.522 e. The molecular formula is C19H24BClN4O6. The van der Waals surface area contributed by atoms with E-state index in [1.54, 1.807) is 29.6 Å². The highest BCUT2D eigenvalue weighted by Gasteiger charge is 2.35. The zero-order valence-corrected chi connectivity index (χ0v) is 17.6. The summed E-state index contributed by atoms with van der Waals surface area (Å²) in [4.78, 5) is 30.1. The lowest BCUT2D eigenvalue weighted by Crippen LogP contribution is -2.56. The van der Waals surface area contributed by atoms with E-state index in [2.05, 4.69) is 4.98 Å². The molecule has 0 bridgehead atoms. The van der Waals surface area contributed by atoms with Crippen molar-refractivity contribution in [1.82, 2.24) is 14.5 Å². The van der Waals surface area contributed by atoms with Crippen LogP contribution in [-0.2, 0) is 24.2 Å². The molecule has 0 saturated carbocycles. The molecule has 10 nitrogen and oxygen atoms in total. The number of benzene rings is 1. The molecule has 1 fully saturated rings. The van der Waals surface area contributed by atoms with Gasteiger partial charge in [-0.05, 0) is 24.4 Å². The minimum Gasteiger partial charge on any atom is -0.535 e. The van der Waals surface area contributed by atoms with Gasteiger partial charge >= 0.3 is 13.1 Å². The molecule has 0 unspecified atom stereocenters. The standard InChI is InChI=1S/C19H23BN4O6.ClH/c21-5-6-23-8-13(22-11-23)7-16(25)24-9-14(10-24)29-15-2-1-12-3-4-20(28)30-18(12)17(15)19(26)27;/h1-2,8,11,14,28H,3-7,9-10,21H2,(H,26,27);1H. The van der Waals surface area contributed by atoms with Crippen molar-refractivity contribution in [3.63, 3.8) is 0 Å². The van der Waals surface area contributed by atoms with E-state index >= 15 is 0 Å². The first-order chi connectivity index (χ1) is 14.4. The molecule has 2 aliphatic heterocycles. The van der Waals surface area contributed by atoms with Gasteiger partial charge in [0.05, 0.1) is 31.5 Å². The Kier molecular flexibility index (Phi) is 7.09. The summed E-state index contributed by atoms with van der Waals surface area (Å²) in [5.74, 6) is -0.925. The minimum atomic E-state index is -1.18. The predicted octanol–water partition coefficient (Wildman–Crippen LogP) is 0.209. The third-order valence-electron chi connectivity index (χ3n) is 5.23. The number of rotatable bonds is 7. The Bertz CT molecular complexity index is 965. The fourth-order valence-electron chi connectivity index (χ4n) is 3.65. The number of hydrogen-bond donors (Lipinski definition) is 3. The van der Waals surface area contributed by atoms with Crippen molar-refractivity contribution < 1.29 is 29.1 Å². The third kappa shape index (κ3) is 4.95. The van der Waals surface area contributed by atoms with Crippen LogP contribution >= 0.6 is 12.4 Å². The molecule has 166 valence electrons. The van der Waals surface area contributed by atoms with Gasteiger partial charge in [-0.1, -0.05) is 6.07 Å². The SMILES string of the molecule is Cl.NCCn1cnc(CC(=O)N2CC(Oc3ccc4c(c3C(=O)O)OB(O)CC4)C2)c1. The van der Waals surface area contributed by atoms with Crippen LogP contribution in [0, 0.1) is 0 Å². The highest BCUT2D eigenvalue weighted by molar-refractivity contribution is 6.44. The van der Waals surface area contributed by atoms with E-state index in [0.717, 1.165) is 5.56 Å². The molecule has 0 atom stereocenters. The van der Waals surface area contributed by atoms with Crippen LogP contribution in [0.5, 0.6) is 11.5 Å². The fraction of sp³-hybridized carbons (Fsp3) is 0.421. The maximum absolute atomic E-state index is 12.4. The van der Waals surface area contributed by atoms with E-state index in [0.29, 0.717) is 44.6 Å². The Labute approximate surface area is 185 Å². The van der Waals surface area contributed by atoms with Crippen molar-refractivity contribution in [2.45, 2.75) is 31.8 Å². The van der Waals surface area contributed by atoms with Gasteiger partial charge in [-0.25, -0.2) is 9.78 Å². The Morgan fingerprint density at radius 3 is 2.84 bits per heavy atom. The number of imidazole rings is 1. The first-order valence-electron chi connectivity index (χ1n) is 9.83. The van der Waals surface area contributed by atoms with Gasteiger partial charge in [0.25, 0.3) is 0 Å². The molecule has 2 aromatic rings. The van der Waals surface area contributed by atoms with Gasteiger partial charge in [0.15, 0.2) is 0 Å². The van der Waals surface area contributed by atoms with Crippen molar-refractivity contribution in [2.24, 2.45) is 5.73 Å². The van der Waals surface area contributed by atoms with Gasteiger partial charge in [-0.2, -0.15) is 0 Å². The highest BCUT2D eigenvalue weighted by atomic mass is 35.5. The number of carboxylic acids is 1. The number of aryl methyl sites for hydroxylation is 1. The van der Waals surface area contributed by atoms with Crippen LogP contribution < -0.4 is 15.1 Å². The Morgan fingerprint density at radius 2 is 2.13 bits per heavy atom. The van der Waals surface area contributed by atoms with E-state index < -0.39 is 13.1 Å². The molecule has 2 aliphatic rings. The third-order valence-corrected chi connectivity index (χ3v) is 5.23. The quantitative estimate of drug-likeness (QED) is 0.509. The second-order valence-electron chi connectivity index (χ2n) is 7.45. The summed E-state index contributed by atoms with van der Waals surface area (Å²) in [6, 6.07) is 3.36. The van der Waals surface area contributed by atoms with Crippen LogP contribution in [0.1, 0.15) is 21.6 Å². The molecule has 12 heteroatoms. The fourth-order valence-corrected chi connectivity index (χ4v) is 3.65. The van der Waals surface area contributed by atoms with E-state index in [9.17, 15) is 19.7 Å². The number of hydrogen-bond acceptors (Lipinski definition) is 7. The molecule has 3 heterocycles. The molecule has 1 amide bonds. The molecule has 4 rings (SSSR count). The molecule has 31 heavy (non-hydrogen) atoms. The topological polar surface area (TPSA) is 140 Å². The molecule has 1 aromatic carbocycles. The summed E-state index contributed by atoms with van der Waals surface area (Å²) in [6.07, 6.45) is 4.28. The number of ether oxygens (including phenoxy) is 1. The number of likely N-dealkylation sites (tertiary alicyclic amines) is 1. The average molecular weight is 451 g/mol. The number of nitrogens with two attached hydrogens (primary N) is 1. The van der Waals surface area contributed by atoms with E-state index in [4.69, 9.17) is 15.1 Å². The van der Waals surface area contributed by atoms with E-state index in [-0.39, 0.29) is 47.9 Å². The first-order valence-corrected chi connectivity index (χ1v) is 9.83. The Balaban J connectivity index is 0.00000272. The summed E-state index contributed by atoms with van der Waals surface area (Å²) in [7, 11) is -1.03. The Hall–Kier alpha value is -2.76. The van der Waals surface area contributed by atoms with Crippen LogP contribution in [0.2, 0.25) is 6.32 Å². The van der Waals surface area contributed by atoms with Crippen molar-refractivity contribution in [1.29, 1.82) is 0 Å². The van der Waals surface area contributed by atoms with Gasteiger partial charge in [-0.3, -0.25) is 4.79 Å². The molecule has 0 spiro atoms. The highest BCUT2D eigenvalue weighted by Crippen LogP contribution is 2.37. The molecule has 0 radical (unpaired) electrons. The van der Waals surface area contributed by atoms with Crippen LogP contribution in [0.4, 0.5) is 0 Å². The van der Waals surface area contributed by atoms with Crippen molar-refractivity contribution in [2.75, 3.05) is 19.6 Å². The van der Waals surface area contributed by atoms with Gasteiger partial charge < -0.3 is 34.7 Å². The lowest BCUT2D eigenvalue weighted by Gasteiger charge is -2.39. The van der Waals surface area contributed by atoms with Gasteiger partial charge in [0.2, 0.25) is 5.91 Å². The van der Waals surface area contributed by atoms with E-state index in [1.165, 1.54) is 0 Å². The van der Waals surface area contributed by atoms with Crippen LogP contribution in [-0.4, -0.2) is 69.3 Å². The van der Waals surface area contributed by atoms with Crippen molar-refractivity contribution >= 4 is 31.4 Å². The number of fused-ring (bicyclic) bond motifs is 1. The van der Waals surface area contributed by atoms with Gasteiger partial charge in [0.1, 0.15) is 23.2 Å². The predicted molar refractivity (Wildman–Crippen MR) is 114 cm³/mol. The number of carbonyl (C=O) groups is 2. The zero-order chi connectivity index (χ0) is 21.3. The van der Waals surface area contributed by atoms with Crippen LogP contribution in [0.3, 0.4) is 0 Å². The molecule has 1 aromatic heterocycles.